The highest BCUT2D eigenvalue weighted by atomic mass is 32.1. The molecule has 0 radical (unpaired) electrons. The van der Waals surface area contributed by atoms with Crippen LogP contribution in [0, 0.1) is 0 Å². The molecule has 0 aliphatic carbocycles. The SMILES string of the molecule is CCc1ccc2nc(N(Cc3ccccc3)C(=O)c3cc(OC)cc(OC)c3)sc2c1. The van der Waals surface area contributed by atoms with Gasteiger partial charge in [-0.15, -0.1) is 0 Å². The third-order valence-electron chi connectivity index (χ3n) is 5.11. The fraction of sp³-hybridized carbons (Fsp3) is 0.200. The molecule has 5 nitrogen and oxygen atoms in total. The van der Waals surface area contributed by atoms with E-state index in [1.165, 1.54) is 16.9 Å². The molecule has 31 heavy (non-hydrogen) atoms. The summed E-state index contributed by atoms with van der Waals surface area (Å²) in [5, 5.41) is 0.666. The topological polar surface area (TPSA) is 51.7 Å². The van der Waals surface area contributed by atoms with E-state index in [2.05, 4.69) is 19.1 Å². The molecule has 0 aliphatic heterocycles. The van der Waals surface area contributed by atoms with Gasteiger partial charge in [0.15, 0.2) is 5.13 Å². The van der Waals surface area contributed by atoms with Crippen molar-refractivity contribution in [2.24, 2.45) is 0 Å². The van der Waals surface area contributed by atoms with Crippen molar-refractivity contribution in [2.45, 2.75) is 19.9 Å². The summed E-state index contributed by atoms with van der Waals surface area (Å²) in [7, 11) is 3.15. The van der Waals surface area contributed by atoms with Gasteiger partial charge in [0, 0.05) is 11.6 Å². The molecule has 1 amide bonds. The zero-order valence-electron chi connectivity index (χ0n) is 17.8. The smallest absolute Gasteiger partial charge is 0.260 e. The van der Waals surface area contributed by atoms with E-state index in [9.17, 15) is 4.79 Å². The number of fused-ring (bicyclic) bond motifs is 1. The monoisotopic (exact) mass is 432 g/mol. The number of ether oxygens (including phenoxy) is 2. The highest BCUT2D eigenvalue weighted by Crippen LogP contribution is 2.33. The molecule has 0 aliphatic rings. The van der Waals surface area contributed by atoms with Crippen LogP contribution in [0.1, 0.15) is 28.4 Å². The Bertz CT molecular complexity index is 1180. The quantitative estimate of drug-likeness (QED) is 0.375. The molecule has 6 heteroatoms. The van der Waals surface area contributed by atoms with Gasteiger partial charge in [-0.3, -0.25) is 9.69 Å². The first-order valence-electron chi connectivity index (χ1n) is 10.1. The van der Waals surface area contributed by atoms with Crippen LogP contribution in [0.4, 0.5) is 5.13 Å². The lowest BCUT2D eigenvalue weighted by molar-refractivity contribution is 0.0984. The molecule has 0 bridgehead atoms. The van der Waals surface area contributed by atoms with Gasteiger partial charge in [-0.1, -0.05) is 54.7 Å². The highest BCUT2D eigenvalue weighted by molar-refractivity contribution is 7.22. The molecule has 4 rings (SSSR count). The number of amides is 1. The van der Waals surface area contributed by atoms with E-state index in [4.69, 9.17) is 14.5 Å². The molecule has 158 valence electrons. The first kappa shape index (κ1) is 20.9. The molecule has 0 saturated carbocycles. The number of rotatable bonds is 7. The number of aromatic nitrogens is 1. The Morgan fingerprint density at radius 2 is 1.65 bits per heavy atom. The maximum atomic E-state index is 13.7. The molecule has 1 aromatic heterocycles. The van der Waals surface area contributed by atoms with Gasteiger partial charge in [0.1, 0.15) is 11.5 Å². The van der Waals surface area contributed by atoms with Crippen LogP contribution in [0.2, 0.25) is 0 Å². The third-order valence-corrected chi connectivity index (χ3v) is 6.15. The summed E-state index contributed by atoms with van der Waals surface area (Å²) >= 11 is 1.53. The molecule has 0 spiro atoms. The number of benzene rings is 3. The molecule has 0 saturated heterocycles. The van der Waals surface area contributed by atoms with Crippen LogP contribution in [0.25, 0.3) is 10.2 Å². The lowest BCUT2D eigenvalue weighted by atomic mass is 10.1. The average Bonchev–Trinajstić information content (AvgIpc) is 3.25. The average molecular weight is 433 g/mol. The molecular formula is C25H24N2O3S. The molecule has 0 N–H and O–H groups in total. The van der Waals surface area contributed by atoms with Crippen LogP contribution in [-0.4, -0.2) is 25.1 Å². The number of nitrogens with zero attached hydrogens (tertiary/aromatic N) is 2. The predicted octanol–water partition coefficient (Wildman–Crippen LogP) is 5.72. The van der Waals surface area contributed by atoms with Crippen LogP contribution >= 0.6 is 11.3 Å². The zero-order valence-corrected chi connectivity index (χ0v) is 18.6. The maximum Gasteiger partial charge on any atom is 0.260 e. The molecule has 1 heterocycles. The first-order valence-corrected chi connectivity index (χ1v) is 10.9. The second kappa shape index (κ2) is 9.18. The first-order chi connectivity index (χ1) is 15.1. The van der Waals surface area contributed by atoms with E-state index < -0.39 is 0 Å². The zero-order chi connectivity index (χ0) is 21.8. The van der Waals surface area contributed by atoms with E-state index >= 15 is 0 Å². The minimum absolute atomic E-state index is 0.157. The third kappa shape index (κ3) is 4.54. The van der Waals surface area contributed by atoms with Crippen molar-refractivity contribution in [3.8, 4) is 11.5 Å². The van der Waals surface area contributed by atoms with E-state index in [0.29, 0.717) is 28.7 Å². The van der Waals surface area contributed by atoms with Gasteiger partial charge < -0.3 is 9.47 Å². The number of methoxy groups -OCH3 is 2. The van der Waals surface area contributed by atoms with Crippen LogP contribution in [0.3, 0.4) is 0 Å². The van der Waals surface area contributed by atoms with E-state index in [1.807, 2.05) is 36.4 Å². The summed E-state index contributed by atoms with van der Waals surface area (Å²) in [5.74, 6) is 0.981. The minimum atomic E-state index is -0.157. The normalized spacial score (nSPS) is 10.8. The van der Waals surface area contributed by atoms with Crippen molar-refractivity contribution in [1.82, 2.24) is 4.98 Å². The van der Waals surface area contributed by atoms with Gasteiger partial charge in [-0.2, -0.15) is 0 Å². The standard InChI is InChI=1S/C25H24N2O3S/c1-4-17-10-11-22-23(12-17)31-25(26-22)27(16-18-8-6-5-7-9-18)24(28)19-13-20(29-2)15-21(14-19)30-3/h5-15H,4,16H2,1-3H3. The Morgan fingerprint density at radius 3 is 2.29 bits per heavy atom. The molecular weight excluding hydrogens is 408 g/mol. The van der Waals surface area contributed by atoms with Crippen molar-refractivity contribution in [2.75, 3.05) is 19.1 Å². The van der Waals surface area contributed by atoms with Crippen LogP contribution in [-0.2, 0) is 13.0 Å². The second-order valence-electron chi connectivity index (χ2n) is 7.13. The summed E-state index contributed by atoms with van der Waals surface area (Å²) < 4.78 is 11.8. The van der Waals surface area contributed by atoms with E-state index in [-0.39, 0.29) is 5.91 Å². The summed E-state index contributed by atoms with van der Waals surface area (Å²) in [6.45, 7) is 2.55. The number of carbonyl (C=O) groups is 1. The van der Waals surface area contributed by atoms with Gasteiger partial charge in [-0.05, 0) is 41.8 Å². The largest absolute Gasteiger partial charge is 0.497 e. The number of hydrogen-bond donors (Lipinski definition) is 0. The van der Waals surface area contributed by atoms with Crippen LogP contribution in [0.15, 0.2) is 66.7 Å². The summed E-state index contributed by atoms with van der Waals surface area (Å²) in [4.78, 5) is 20.2. The Balaban J connectivity index is 1.78. The lowest BCUT2D eigenvalue weighted by Gasteiger charge is -2.21. The molecule has 0 atom stereocenters. The molecule has 3 aromatic carbocycles. The number of anilines is 1. The lowest BCUT2D eigenvalue weighted by Crippen LogP contribution is -2.30. The Kier molecular flexibility index (Phi) is 6.18. The Morgan fingerprint density at radius 1 is 0.935 bits per heavy atom. The second-order valence-corrected chi connectivity index (χ2v) is 8.14. The highest BCUT2D eigenvalue weighted by Gasteiger charge is 2.23. The summed E-state index contributed by atoms with van der Waals surface area (Å²) in [5.41, 5.74) is 3.66. The van der Waals surface area contributed by atoms with Crippen molar-refractivity contribution in [3.63, 3.8) is 0 Å². The van der Waals surface area contributed by atoms with Crippen molar-refractivity contribution < 1.29 is 14.3 Å². The summed E-state index contributed by atoms with van der Waals surface area (Å²) in [6, 6.07) is 21.4. The molecule has 4 aromatic rings. The van der Waals surface area contributed by atoms with Crippen molar-refractivity contribution in [3.05, 3.63) is 83.4 Å². The fourth-order valence-electron chi connectivity index (χ4n) is 3.37. The minimum Gasteiger partial charge on any atom is -0.497 e. The van der Waals surface area contributed by atoms with Gasteiger partial charge in [-0.25, -0.2) is 4.98 Å². The van der Waals surface area contributed by atoms with E-state index in [0.717, 1.165) is 22.2 Å². The Hall–Kier alpha value is -3.38. The molecule has 0 fully saturated rings. The fourth-order valence-corrected chi connectivity index (χ4v) is 4.40. The van der Waals surface area contributed by atoms with Gasteiger partial charge in [0.2, 0.25) is 0 Å². The number of thiazole rings is 1. The van der Waals surface area contributed by atoms with Crippen molar-refractivity contribution in [1.29, 1.82) is 0 Å². The molecule has 0 unspecified atom stereocenters. The van der Waals surface area contributed by atoms with E-state index in [1.54, 1.807) is 37.3 Å². The van der Waals surface area contributed by atoms with Gasteiger partial charge >= 0.3 is 0 Å². The van der Waals surface area contributed by atoms with Crippen LogP contribution in [0.5, 0.6) is 11.5 Å². The number of hydrogen-bond acceptors (Lipinski definition) is 5. The number of carbonyl (C=O) groups excluding carboxylic acids is 1. The predicted molar refractivity (Wildman–Crippen MR) is 125 cm³/mol. The maximum absolute atomic E-state index is 13.7. The van der Waals surface area contributed by atoms with Crippen molar-refractivity contribution >= 4 is 32.6 Å². The van der Waals surface area contributed by atoms with Gasteiger partial charge in [0.25, 0.3) is 5.91 Å². The number of aryl methyl sites for hydroxylation is 1. The van der Waals surface area contributed by atoms with Crippen LogP contribution < -0.4 is 14.4 Å². The van der Waals surface area contributed by atoms with Gasteiger partial charge in [0.05, 0.1) is 31.0 Å². The Labute approximate surface area is 185 Å². The summed E-state index contributed by atoms with van der Waals surface area (Å²) in [6.07, 6.45) is 0.958.